The van der Waals surface area contributed by atoms with E-state index in [1.165, 1.54) is 5.56 Å². The van der Waals surface area contributed by atoms with Crippen LogP contribution in [0.3, 0.4) is 0 Å². The predicted octanol–water partition coefficient (Wildman–Crippen LogP) is 0.536. The van der Waals surface area contributed by atoms with Gasteiger partial charge in [-0.1, -0.05) is 0 Å². The van der Waals surface area contributed by atoms with E-state index >= 15 is 0 Å². The fraction of sp³-hybridized carbons (Fsp3) is 0.636. The summed E-state index contributed by atoms with van der Waals surface area (Å²) in [6.45, 7) is 5.04. The van der Waals surface area contributed by atoms with Gasteiger partial charge in [-0.25, -0.2) is 0 Å². The summed E-state index contributed by atoms with van der Waals surface area (Å²) < 4.78 is 1.82. The molecule has 0 spiro atoms. The van der Waals surface area contributed by atoms with Crippen molar-refractivity contribution in [3.8, 4) is 0 Å². The van der Waals surface area contributed by atoms with Gasteiger partial charge in [0.15, 0.2) is 5.96 Å². The fourth-order valence-corrected chi connectivity index (χ4v) is 1.39. The number of hydrogen-bond acceptors (Lipinski definition) is 2. The molecule has 2 N–H and O–H groups in total. The van der Waals surface area contributed by atoms with Gasteiger partial charge >= 0.3 is 0 Å². The second kappa shape index (κ2) is 6.15. The summed E-state index contributed by atoms with van der Waals surface area (Å²) in [5, 5.41) is 10.6. The van der Waals surface area contributed by atoms with Gasteiger partial charge in [0, 0.05) is 32.9 Å². The molecule has 0 bridgehead atoms. The Morgan fingerprint density at radius 2 is 2.31 bits per heavy atom. The first-order valence-electron chi connectivity index (χ1n) is 5.56. The van der Waals surface area contributed by atoms with E-state index in [0.29, 0.717) is 6.04 Å². The Balaban J connectivity index is 2.29. The van der Waals surface area contributed by atoms with Crippen LogP contribution in [0.4, 0.5) is 0 Å². The van der Waals surface area contributed by atoms with Gasteiger partial charge in [0.25, 0.3) is 0 Å². The van der Waals surface area contributed by atoms with Crippen LogP contribution in [0.1, 0.15) is 19.4 Å². The summed E-state index contributed by atoms with van der Waals surface area (Å²) in [7, 11) is 3.71. The molecule has 0 aliphatic carbocycles. The van der Waals surface area contributed by atoms with E-state index in [2.05, 4.69) is 34.6 Å². The van der Waals surface area contributed by atoms with Crippen LogP contribution in [-0.4, -0.2) is 35.4 Å². The van der Waals surface area contributed by atoms with E-state index in [1.807, 2.05) is 24.1 Å². The van der Waals surface area contributed by atoms with Gasteiger partial charge in [0.1, 0.15) is 0 Å². The highest BCUT2D eigenvalue weighted by molar-refractivity contribution is 5.79. The summed E-state index contributed by atoms with van der Waals surface area (Å²) in [5.74, 6) is 0.846. The summed E-state index contributed by atoms with van der Waals surface area (Å²) in [6.07, 6.45) is 4.87. The highest BCUT2D eigenvalue weighted by atomic mass is 15.2. The molecule has 0 aliphatic rings. The van der Waals surface area contributed by atoms with Gasteiger partial charge in [-0.15, -0.1) is 0 Å². The molecule has 0 saturated heterocycles. The third kappa shape index (κ3) is 4.33. The van der Waals surface area contributed by atoms with Crippen LogP contribution in [0.5, 0.6) is 0 Å². The first-order chi connectivity index (χ1) is 7.61. The lowest BCUT2D eigenvalue weighted by Crippen LogP contribution is -2.41. The van der Waals surface area contributed by atoms with Crippen LogP contribution in [0.25, 0.3) is 0 Å². The van der Waals surface area contributed by atoms with Crippen LogP contribution in [0, 0.1) is 0 Å². The van der Waals surface area contributed by atoms with Crippen molar-refractivity contribution in [2.75, 3.05) is 13.6 Å². The smallest absolute Gasteiger partial charge is 0.191 e. The molecule has 0 aromatic carbocycles. The first kappa shape index (κ1) is 12.5. The Kier molecular flexibility index (Phi) is 4.82. The van der Waals surface area contributed by atoms with Crippen LogP contribution < -0.4 is 10.6 Å². The normalized spacial score (nSPS) is 11.9. The lowest BCUT2D eigenvalue weighted by atomic mass is 10.2. The van der Waals surface area contributed by atoms with Gasteiger partial charge < -0.3 is 10.6 Å². The molecule has 0 amide bonds. The lowest BCUT2D eigenvalue weighted by Gasteiger charge is -2.13. The summed E-state index contributed by atoms with van der Waals surface area (Å²) in [6, 6.07) is 0.393. The first-order valence-corrected chi connectivity index (χ1v) is 5.56. The monoisotopic (exact) mass is 223 g/mol. The van der Waals surface area contributed by atoms with Gasteiger partial charge in [0.05, 0.1) is 6.20 Å². The molecule has 5 heteroatoms. The van der Waals surface area contributed by atoms with Gasteiger partial charge in [0.2, 0.25) is 0 Å². The minimum Gasteiger partial charge on any atom is -0.356 e. The molecule has 0 unspecified atom stereocenters. The zero-order valence-corrected chi connectivity index (χ0v) is 10.5. The van der Waals surface area contributed by atoms with E-state index < -0.39 is 0 Å². The highest BCUT2D eigenvalue weighted by Gasteiger charge is 2.00. The molecule has 0 atom stereocenters. The van der Waals surface area contributed by atoms with Crippen LogP contribution >= 0.6 is 0 Å². The van der Waals surface area contributed by atoms with Gasteiger partial charge in [-0.3, -0.25) is 9.67 Å². The number of nitrogens with zero attached hydrogens (tertiary/aromatic N) is 3. The average molecular weight is 223 g/mol. The maximum atomic E-state index is 4.14. The summed E-state index contributed by atoms with van der Waals surface area (Å²) in [5.41, 5.74) is 1.23. The number of nitrogens with one attached hydrogen (secondary N) is 2. The standard InChI is InChI=1S/C11H21N5/c1-9(2)15-11(12-3)13-6-5-10-7-14-16(4)8-10/h7-9H,5-6H2,1-4H3,(H2,12,13,15). The minimum absolute atomic E-state index is 0.393. The molecule has 1 rings (SSSR count). The van der Waals surface area contributed by atoms with Crippen molar-refractivity contribution >= 4 is 5.96 Å². The largest absolute Gasteiger partial charge is 0.356 e. The van der Waals surface area contributed by atoms with Gasteiger partial charge in [-0.05, 0) is 25.8 Å². The summed E-state index contributed by atoms with van der Waals surface area (Å²) in [4.78, 5) is 4.14. The maximum Gasteiger partial charge on any atom is 0.191 e. The number of hydrogen-bond donors (Lipinski definition) is 2. The molecular formula is C11H21N5. The zero-order chi connectivity index (χ0) is 12.0. The quantitative estimate of drug-likeness (QED) is 0.578. The summed E-state index contributed by atoms with van der Waals surface area (Å²) >= 11 is 0. The SMILES string of the molecule is CN=C(NCCc1cnn(C)c1)NC(C)C. The van der Waals surface area contributed by atoms with E-state index in [1.54, 1.807) is 7.05 Å². The average Bonchev–Trinajstić information content (AvgIpc) is 2.62. The fourth-order valence-electron chi connectivity index (χ4n) is 1.39. The molecule has 16 heavy (non-hydrogen) atoms. The minimum atomic E-state index is 0.393. The third-order valence-corrected chi connectivity index (χ3v) is 2.11. The highest BCUT2D eigenvalue weighted by Crippen LogP contribution is 1.95. The van der Waals surface area contributed by atoms with Crippen molar-refractivity contribution in [2.24, 2.45) is 12.0 Å². The van der Waals surface area contributed by atoms with E-state index in [0.717, 1.165) is 18.9 Å². The Hall–Kier alpha value is -1.52. The van der Waals surface area contributed by atoms with E-state index in [4.69, 9.17) is 0 Å². The van der Waals surface area contributed by atoms with Crippen molar-refractivity contribution in [3.05, 3.63) is 18.0 Å². The molecule has 90 valence electrons. The molecule has 0 radical (unpaired) electrons. The van der Waals surface area contributed by atoms with Crippen molar-refractivity contribution in [1.82, 2.24) is 20.4 Å². The molecule has 1 aromatic heterocycles. The third-order valence-electron chi connectivity index (χ3n) is 2.11. The predicted molar refractivity (Wildman–Crippen MR) is 66.5 cm³/mol. The Morgan fingerprint density at radius 1 is 1.56 bits per heavy atom. The Morgan fingerprint density at radius 3 is 2.81 bits per heavy atom. The molecule has 1 heterocycles. The zero-order valence-electron chi connectivity index (χ0n) is 10.5. The van der Waals surface area contributed by atoms with Crippen molar-refractivity contribution in [2.45, 2.75) is 26.3 Å². The van der Waals surface area contributed by atoms with E-state index in [-0.39, 0.29) is 0 Å². The number of aryl methyl sites for hydroxylation is 1. The van der Waals surface area contributed by atoms with Crippen molar-refractivity contribution in [1.29, 1.82) is 0 Å². The number of guanidine groups is 1. The molecular weight excluding hydrogens is 202 g/mol. The molecule has 0 aliphatic heterocycles. The second-order valence-electron chi connectivity index (χ2n) is 4.07. The maximum absolute atomic E-state index is 4.14. The Labute approximate surface area is 97.0 Å². The van der Waals surface area contributed by atoms with Crippen LogP contribution in [0.15, 0.2) is 17.4 Å². The van der Waals surface area contributed by atoms with Crippen LogP contribution in [0.2, 0.25) is 0 Å². The second-order valence-corrected chi connectivity index (χ2v) is 4.07. The molecule has 0 fully saturated rings. The van der Waals surface area contributed by atoms with E-state index in [9.17, 15) is 0 Å². The lowest BCUT2D eigenvalue weighted by molar-refractivity contribution is 0.698. The van der Waals surface area contributed by atoms with Crippen molar-refractivity contribution in [3.63, 3.8) is 0 Å². The number of aliphatic imine (C=N–C) groups is 1. The molecule has 5 nitrogen and oxygen atoms in total. The van der Waals surface area contributed by atoms with Crippen molar-refractivity contribution < 1.29 is 0 Å². The topological polar surface area (TPSA) is 54.2 Å². The number of aromatic nitrogens is 2. The van der Waals surface area contributed by atoms with Crippen LogP contribution in [-0.2, 0) is 13.5 Å². The molecule has 1 aromatic rings. The van der Waals surface area contributed by atoms with Gasteiger partial charge in [-0.2, -0.15) is 5.10 Å². The Bertz CT molecular complexity index is 340. The molecule has 0 saturated carbocycles. The number of rotatable bonds is 4.